The normalized spacial score (nSPS) is 19.2. The number of rotatable bonds is 4. The van der Waals surface area contributed by atoms with Gasteiger partial charge in [-0.15, -0.1) is 0 Å². The van der Waals surface area contributed by atoms with E-state index in [2.05, 4.69) is 15.6 Å². The summed E-state index contributed by atoms with van der Waals surface area (Å²) in [5, 5.41) is 16.3. The fraction of sp³-hybridized carbons (Fsp3) is 0.286. The molecule has 144 valence electrons. The van der Waals surface area contributed by atoms with Crippen LogP contribution < -0.4 is 26.8 Å². The van der Waals surface area contributed by atoms with Crippen molar-refractivity contribution in [1.29, 1.82) is 5.26 Å². The summed E-state index contributed by atoms with van der Waals surface area (Å²) in [6.45, 7) is 7.12. The van der Waals surface area contributed by atoms with Crippen molar-refractivity contribution in [2.75, 3.05) is 0 Å². The molecule has 3 rings (SSSR count). The fourth-order valence-corrected chi connectivity index (χ4v) is 3.49. The van der Waals surface area contributed by atoms with Crippen molar-refractivity contribution in [2.24, 2.45) is 5.92 Å². The summed E-state index contributed by atoms with van der Waals surface area (Å²) in [6.07, 6.45) is 5.98. The van der Waals surface area contributed by atoms with Gasteiger partial charge >= 0.3 is 0 Å². The highest BCUT2D eigenvalue weighted by molar-refractivity contribution is 5.79. The number of halogens is 1. The number of nitrogens with one attached hydrogen (secondary N) is 3. The second-order valence-corrected chi connectivity index (χ2v) is 6.90. The first-order valence-electron chi connectivity index (χ1n) is 8.96. The van der Waals surface area contributed by atoms with E-state index in [0.29, 0.717) is 16.5 Å². The Bertz CT molecular complexity index is 1100. The molecule has 0 saturated heterocycles. The number of hydrogen-bond acceptors (Lipinski definition) is 4. The highest BCUT2D eigenvalue weighted by atomic mass is 19.1. The quantitative estimate of drug-likeness (QED) is 0.710. The van der Waals surface area contributed by atoms with Crippen molar-refractivity contribution >= 4 is 17.7 Å². The smallest absolute Gasteiger partial charge is 0.252 e. The zero-order valence-corrected chi connectivity index (χ0v) is 15.9. The van der Waals surface area contributed by atoms with E-state index >= 15 is 0 Å². The highest BCUT2D eigenvalue weighted by Crippen LogP contribution is 2.25. The molecular weight excluding hydrogens is 359 g/mol. The molecule has 7 heteroatoms. The van der Waals surface area contributed by atoms with Crippen LogP contribution in [0.25, 0.3) is 11.8 Å². The van der Waals surface area contributed by atoms with E-state index in [9.17, 15) is 14.0 Å². The lowest BCUT2D eigenvalue weighted by atomic mass is 9.93. The molecule has 2 radical (unpaired) electrons. The first-order chi connectivity index (χ1) is 13.3. The third-order valence-corrected chi connectivity index (χ3v) is 4.96. The SMILES string of the molecule is CC1=c2c(C)c(CC(=O)N[C@@H](C)C3=C(F)[CH]C(C#N)C=C3)c(=O)[nH]c2=C[CH]N1. The molecule has 1 amide bonds. The molecule has 0 saturated carbocycles. The van der Waals surface area contributed by atoms with Crippen molar-refractivity contribution in [3.63, 3.8) is 0 Å². The van der Waals surface area contributed by atoms with E-state index in [0.717, 1.165) is 16.5 Å². The first-order valence-corrected chi connectivity index (χ1v) is 8.96. The lowest BCUT2D eigenvalue weighted by Crippen LogP contribution is -2.45. The zero-order chi connectivity index (χ0) is 20.4. The van der Waals surface area contributed by atoms with E-state index in [1.807, 2.05) is 19.9 Å². The average molecular weight is 380 g/mol. The summed E-state index contributed by atoms with van der Waals surface area (Å²) >= 11 is 0. The number of fused-ring (bicyclic) bond motifs is 1. The second kappa shape index (κ2) is 7.85. The van der Waals surface area contributed by atoms with Crippen molar-refractivity contribution in [2.45, 2.75) is 33.2 Å². The van der Waals surface area contributed by atoms with Gasteiger partial charge in [0.15, 0.2) is 0 Å². The zero-order valence-electron chi connectivity index (χ0n) is 15.9. The Balaban J connectivity index is 1.81. The second-order valence-electron chi connectivity index (χ2n) is 6.90. The number of amides is 1. The van der Waals surface area contributed by atoms with Gasteiger partial charge in [0.1, 0.15) is 5.83 Å². The molecule has 1 aromatic rings. The standard InChI is InChI=1S/C21H21FN4O2/c1-11-16(21(28)26-18-6-7-24-13(3)20(11)18)9-19(27)25-12(2)15-5-4-14(10-23)8-17(15)22/h4-8,12,14,24H,9H2,1-3H3,(H,25,27)(H,26,28)/t12-,14?/m0/s1. The van der Waals surface area contributed by atoms with Crippen LogP contribution in [-0.4, -0.2) is 16.9 Å². The summed E-state index contributed by atoms with van der Waals surface area (Å²) in [6, 6.07) is 1.37. The number of allylic oxidation sites excluding steroid dienone is 2. The molecule has 0 aromatic carbocycles. The van der Waals surface area contributed by atoms with Gasteiger partial charge in [0.25, 0.3) is 5.56 Å². The minimum absolute atomic E-state index is 0.112. The van der Waals surface area contributed by atoms with Gasteiger partial charge < -0.3 is 15.6 Å². The minimum Gasteiger partial charge on any atom is -0.379 e. The van der Waals surface area contributed by atoms with Crippen molar-refractivity contribution in [1.82, 2.24) is 15.6 Å². The van der Waals surface area contributed by atoms with Gasteiger partial charge in [-0.1, -0.05) is 12.2 Å². The average Bonchev–Trinajstić information content (AvgIpc) is 2.64. The van der Waals surface area contributed by atoms with Gasteiger partial charge in [-0.05, 0) is 32.4 Å². The van der Waals surface area contributed by atoms with Gasteiger partial charge in [-0.2, -0.15) is 5.26 Å². The van der Waals surface area contributed by atoms with E-state index in [-0.39, 0.29) is 17.9 Å². The number of nitrogens with zero attached hydrogens (tertiary/aromatic N) is 1. The van der Waals surface area contributed by atoms with Crippen molar-refractivity contribution in [3.05, 3.63) is 68.6 Å². The van der Waals surface area contributed by atoms with E-state index in [1.54, 1.807) is 25.6 Å². The van der Waals surface area contributed by atoms with Crippen LogP contribution in [0.1, 0.15) is 25.0 Å². The van der Waals surface area contributed by atoms with Crippen LogP contribution in [0.5, 0.6) is 0 Å². The molecule has 1 aliphatic heterocycles. The van der Waals surface area contributed by atoms with Gasteiger partial charge in [0.2, 0.25) is 5.91 Å². The molecule has 2 aliphatic rings. The van der Waals surface area contributed by atoms with Crippen LogP contribution in [0, 0.1) is 37.1 Å². The summed E-state index contributed by atoms with van der Waals surface area (Å²) in [7, 11) is 0. The maximum absolute atomic E-state index is 14.2. The molecule has 0 spiro atoms. The number of hydrogen-bond donors (Lipinski definition) is 3. The molecule has 3 N–H and O–H groups in total. The predicted molar refractivity (Wildman–Crippen MR) is 104 cm³/mol. The Morgan fingerprint density at radius 2 is 2.18 bits per heavy atom. The van der Waals surface area contributed by atoms with Gasteiger partial charge in [-0.25, -0.2) is 4.39 Å². The van der Waals surface area contributed by atoms with Gasteiger partial charge in [-0.3, -0.25) is 9.59 Å². The molecule has 0 bridgehead atoms. The number of aromatic amines is 1. The number of pyridine rings is 1. The lowest BCUT2D eigenvalue weighted by Gasteiger charge is -2.20. The topological polar surface area (TPSA) is 97.8 Å². The van der Waals surface area contributed by atoms with Crippen LogP contribution in [-0.2, 0) is 11.2 Å². The van der Waals surface area contributed by atoms with Crippen LogP contribution in [0.4, 0.5) is 4.39 Å². The molecule has 1 unspecified atom stereocenters. The van der Waals surface area contributed by atoms with Gasteiger partial charge in [0.05, 0.1) is 31.0 Å². The number of aromatic nitrogens is 1. The Hall–Kier alpha value is -3.14. The summed E-state index contributed by atoms with van der Waals surface area (Å²) in [5.41, 5.74) is 2.00. The molecular formula is C21H21FN4O2. The molecule has 2 heterocycles. The molecule has 1 aromatic heterocycles. The Labute approximate surface area is 162 Å². The molecule has 28 heavy (non-hydrogen) atoms. The fourth-order valence-electron chi connectivity index (χ4n) is 3.49. The van der Waals surface area contributed by atoms with Crippen LogP contribution in [0.15, 0.2) is 28.3 Å². The Morgan fingerprint density at radius 1 is 1.43 bits per heavy atom. The largest absolute Gasteiger partial charge is 0.379 e. The predicted octanol–water partition coefficient (Wildman–Crippen LogP) is 0.542. The monoisotopic (exact) mass is 380 g/mol. The van der Waals surface area contributed by atoms with E-state index < -0.39 is 17.8 Å². The van der Waals surface area contributed by atoms with Gasteiger partial charge in [0, 0.05) is 33.8 Å². The number of carbonyl (C=O) groups is 1. The maximum atomic E-state index is 14.2. The number of H-pyrrole nitrogens is 1. The number of nitriles is 1. The third kappa shape index (κ3) is 3.77. The van der Waals surface area contributed by atoms with E-state index in [1.165, 1.54) is 12.5 Å². The van der Waals surface area contributed by atoms with Crippen LogP contribution in [0.2, 0.25) is 0 Å². The summed E-state index contributed by atoms with van der Waals surface area (Å²) in [5.74, 6) is -1.51. The number of carbonyl (C=O) groups excluding carboxylic acids is 1. The maximum Gasteiger partial charge on any atom is 0.252 e. The third-order valence-electron chi connectivity index (χ3n) is 4.96. The Morgan fingerprint density at radius 3 is 2.86 bits per heavy atom. The minimum atomic E-state index is -0.606. The Kier molecular flexibility index (Phi) is 5.50. The molecule has 6 nitrogen and oxygen atoms in total. The van der Waals surface area contributed by atoms with Crippen LogP contribution >= 0.6 is 0 Å². The summed E-state index contributed by atoms with van der Waals surface area (Å²) in [4.78, 5) is 27.8. The molecule has 2 atom stereocenters. The lowest BCUT2D eigenvalue weighted by molar-refractivity contribution is -0.120. The summed E-state index contributed by atoms with van der Waals surface area (Å²) < 4.78 is 14.2. The van der Waals surface area contributed by atoms with Crippen molar-refractivity contribution in [3.8, 4) is 6.07 Å². The van der Waals surface area contributed by atoms with Crippen LogP contribution in [0.3, 0.4) is 0 Å². The van der Waals surface area contributed by atoms with Crippen molar-refractivity contribution < 1.29 is 9.18 Å². The molecule has 1 aliphatic carbocycles. The first kappa shape index (κ1) is 19.6. The molecule has 0 fully saturated rings. The van der Waals surface area contributed by atoms with E-state index in [4.69, 9.17) is 5.26 Å². The highest BCUT2D eigenvalue weighted by Gasteiger charge is 2.22.